The van der Waals surface area contributed by atoms with Gasteiger partial charge in [-0.15, -0.1) is 0 Å². The van der Waals surface area contributed by atoms with E-state index >= 15 is 0 Å². The number of aldehydes is 1. The molecule has 3 nitrogen and oxygen atoms in total. The summed E-state index contributed by atoms with van der Waals surface area (Å²) in [5.41, 5.74) is 0.855. The van der Waals surface area contributed by atoms with Crippen molar-refractivity contribution < 1.29 is 9.21 Å². The van der Waals surface area contributed by atoms with Crippen LogP contribution in [-0.4, -0.2) is 11.3 Å². The minimum atomic E-state index is -0.234. The molecule has 0 fully saturated rings. The van der Waals surface area contributed by atoms with Gasteiger partial charge in [-0.25, -0.2) is 4.98 Å². The maximum atomic E-state index is 10.3. The molecule has 0 aliphatic heterocycles. The number of nitrogens with zero attached hydrogens (tertiary/aromatic N) is 1. The lowest BCUT2D eigenvalue weighted by Gasteiger charge is -1.93. The van der Waals surface area contributed by atoms with Crippen LogP contribution in [-0.2, 0) is 4.79 Å². The average Bonchev–Trinajstić information content (AvgIpc) is 2.31. The number of oxazole rings is 1. The summed E-state index contributed by atoms with van der Waals surface area (Å²) in [6.45, 7) is 5.46. The number of hydrogen-bond acceptors (Lipinski definition) is 3. The van der Waals surface area contributed by atoms with Gasteiger partial charge in [0.05, 0.1) is 11.6 Å². The predicted octanol–water partition coefficient (Wildman–Crippen LogP) is 1.59. The molecule has 1 unspecified atom stereocenters. The fourth-order valence-electron chi connectivity index (χ4n) is 0.751. The molecule has 3 heteroatoms. The molecule has 1 heterocycles. The Morgan fingerprint density at radius 3 is 2.55 bits per heavy atom. The first kappa shape index (κ1) is 7.98. The quantitative estimate of drug-likeness (QED) is 0.606. The van der Waals surface area contributed by atoms with E-state index in [-0.39, 0.29) is 5.92 Å². The lowest BCUT2D eigenvalue weighted by molar-refractivity contribution is -0.109. The van der Waals surface area contributed by atoms with E-state index in [1.165, 1.54) is 0 Å². The number of aromatic nitrogens is 1. The summed E-state index contributed by atoms with van der Waals surface area (Å²) >= 11 is 0. The molecule has 0 spiro atoms. The summed E-state index contributed by atoms with van der Waals surface area (Å²) in [5.74, 6) is 1.06. The van der Waals surface area contributed by atoms with Gasteiger partial charge in [0.25, 0.3) is 0 Å². The topological polar surface area (TPSA) is 43.1 Å². The van der Waals surface area contributed by atoms with Crippen molar-refractivity contribution in [3.05, 3.63) is 17.3 Å². The molecule has 11 heavy (non-hydrogen) atoms. The van der Waals surface area contributed by atoms with Crippen molar-refractivity contribution in [1.82, 2.24) is 4.98 Å². The smallest absolute Gasteiger partial charge is 0.204 e. The molecular formula is C8H11NO2. The van der Waals surface area contributed by atoms with E-state index in [0.29, 0.717) is 5.89 Å². The lowest BCUT2D eigenvalue weighted by Crippen LogP contribution is -1.93. The normalized spacial score (nSPS) is 13.0. The monoisotopic (exact) mass is 153 g/mol. The second-order valence-corrected chi connectivity index (χ2v) is 2.62. The van der Waals surface area contributed by atoms with E-state index in [9.17, 15) is 4.79 Å². The average molecular weight is 153 g/mol. The van der Waals surface area contributed by atoms with E-state index < -0.39 is 0 Å². The van der Waals surface area contributed by atoms with Crippen molar-refractivity contribution in [3.63, 3.8) is 0 Å². The Bertz CT molecular complexity index is 246. The largest absolute Gasteiger partial charge is 0.445 e. The maximum absolute atomic E-state index is 10.3. The van der Waals surface area contributed by atoms with E-state index in [0.717, 1.165) is 17.7 Å². The molecule has 1 rings (SSSR count). The van der Waals surface area contributed by atoms with E-state index in [1.54, 1.807) is 6.92 Å². The number of hydrogen-bond donors (Lipinski definition) is 0. The van der Waals surface area contributed by atoms with Crippen LogP contribution in [0.4, 0.5) is 0 Å². The van der Waals surface area contributed by atoms with Crippen LogP contribution in [0, 0.1) is 13.8 Å². The van der Waals surface area contributed by atoms with Gasteiger partial charge in [0.2, 0.25) is 5.89 Å². The van der Waals surface area contributed by atoms with Gasteiger partial charge in [0.15, 0.2) is 0 Å². The van der Waals surface area contributed by atoms with E-state index in [4.69, 9.17) is 4.42 Å². The summed E-state index contributed by atoms with van der Waals surface area (Å²) < 4.78 is 5.22. The molecule has 0 N–H and O–H groups in total. The third kappa shape index (κ3) is 1.48. The van der Waals surface area contributed by atoms with Crippen LogP contribution in [0.1, 0.15) is 30.2 Å². The van der Waals surface area contributed by atoms with Crippen LogP contribution in [0.3, 0.4) is 0 Å². The Morgan fingerprint density at radius 2 is 2.18 bits per heavy atom. The van der Waals surface area contributed by atoms with Crippen LogP contribution >= 0.6 is 0 Å². The summed E-state index contributed by atoms with van der Waals surface area (Å²) in [6.07, 6.45) is 0.824. The molecule has 0 saturated carbocycles. The zero-order valence-corrected chi connectivity index (χ0v) is 6.92. The first-order valence-electron chi connectivity index (χ1n) is 3.54. The minimum Gasteiger partial charge on any atom is -0.445 e. The van der Waals surface area contributed by atoms with Crippen LogP contribution < -0.4 is 0 Å². The molecule has 0 aromatic carbocycles. The van der Waals surface area contributed by atoms with E-state index in [1.807, 2.05) is 13.8 Å². The molecule has 1 atom stereocenters. The zero-order valence-electron chi connectivity index (χ0n) is 6.92. The maximum Gasteiger partial charge on any atom is 0.204 e. The highest BCUT2D eigenvalue weighted by molar-refractivity contribution is 5.58. The summed E-state index contributed by atoms with van der Waals surface area (Å²) in [5, 5.41) is 0. The molecule has 0 bridgehead atoms. The highest BCUT2D eigenvalue weighted by Gasteiger charge is 2.11. The fraction of sp³-hybridized carbons (Fsp3) is 0.500. The number of carbonyl (C=O) groups is 1. The van der Waals surface area contributed by atoms with Crippen molar-refractivity contribution >= 4 is 6.29 Å². The van der Waals surface area contributed by atoms with Crippen LogP contribution in [0.15, 0.2) is 4.42 Å². The number of aryl methyl sites for hydroxylation is 2. The van der Waals surface area contributed by atoms with Crippen molar-refractivity contribution in [1.29, 1.82) is 0 Å². The van der Waals surface area contributed by atoms with Crippen LogP contribution in [0.25, 0.3) is 0 Å². The summed E-state index contributed by atoms with van der Waals surface area (Å²) in [7, 11) is 0. The second-order valence-electron chi connectivity index (χ2n) is 2.62. The summed E-state index contributed by atoms with van der Waals surface area (Å²) in [4.78, 5) is 14.4. The number of carbonyl (C=O) groups excluding carboxylic acids is 1. The third-order valence-corrected chi connectivity index (χ3v) is 1.64. The molecule has 0 aliphatic carbocycles. The van der Waals surface area contributed by atoms with Crippen LogP contribution in [0.5, 0.6) is 0 Å². The SMILES string of the molecule is Cc1nc(C(C)C=O)oc1C. The molecule has 0 radical (unpaired) electrons. The van der Waals surface area contributed by atoms with Gasteiger partial charge in [0, 0.05) is 0 Å². The Labute approximate surface area is 65.4 Å². The van der Waals surface area contributed by atoms with E-state index in [2.05, 4.69) is 4.98 Å². The van der Waals surface area contributed by atoms with Gasteiger partial charge in [0.1, 0.15) is 12.0 Å². The minimum absolute atomic E-state index is 0.234. The third-order valence-electron chi connectivity index (χ3n) is 1.64. The van der Waals surface area contributed by atoms with Gasteiger partial charge < -0.3 is 9.21 Å². The molecule has 1 aromatic rings. The van der Waals surface area contributed by atoms with Gasteiger partial charge in [-0.3, -0.25) is 0 Å². The van der Waals surface area contributed by atoms with Gasteiger partial charge >= 0.3 is 0 Å². The standard InChI is InChI=1S/C8H11NO2/c1-5(4-10)8-9-6(2)7(3)11-8/h4-5H,1-3H3. The summed E-state index contributed by atoms with van der Waals surface area (Å²) in [6, 6.07) is 0. The Balaban J connectivity index is 2.96. The Morgan fingerprint density at radius 1 is 1.55 bits per heavy atom. The Kier molecular flexibility index (Phi) is 2.08. The first-order chi connectivity index (χ1) is 5.15. The molecular weight excluding hydrogens is 142 g/mol. The van der Waals surface area contributed by atoms with Gasteiger partial charge in [-0.05, 0) is 20.8 Å². The molecule has 0 amide bonds. The van der Waals surface area contributed by atoms with Crippen molar-refractivity contribution in [3.8, 4) is 0 Å². The molecule has 60 valence electrons. The fourth-order valence-corrected chi connectivity index (χ4v) is 0.751. The second kappa shape index (κ2) is 2.86. The van der Waals surface area contributed by atoms with Gasteiger partial charge in [-0.2, -0.15) is 0 Å². The van der Waals surface area contributed by atoms with Gasteiger partial charge in [-0.1, -0.05) is 0 Å². The lowest BCUT2D eigenvalue weighted by atomic mass is 10.2. The van der Waals surface area contributed by atoms with Crippen molar-refractivity contribution in [2.24, 2.45) is 0 Å². The highest BCUT2D eigenvalue weighted by Crippen LogP contribution is 2.15. The predicted molar refractivity (Wildman–Crippen MR) is 40.5 cm³/mol. The Hall–Kier alpha value is -1.12. The van der Waals surface area contributed by atoms with Crippen molar-refractivity contribution in [2.45, 2.75) is 26.7 Å². The molecule has 1 aromatic heterocycles. The van der Waals surface area contributed by atoms with Crippen molar-refractivity contribution in [2.75, 3.05) is 0 Å². The zero-order chi connectivity index (χ0) is 8.43. The first-order valence-corrected chi connectivity index (χ1v) is 3.54. The highest BCUT2D eigenvalue weighted by atomic mass is 16.4. The van der Waals surface area contributed by atoms with Crippen LogP contribution in [0.2, 0.25) is 0 Å². The molecule has 0 aliphatic rings. The molecule has 0 saturated heterocycles. The number of rotatable bonds is 2.